The molecule has 0 aliphatic carbocycles. The lowest BCUT2D eigenvalue weighted by Crippen LogP contribution is -2.40. The Hall–Kier alpha value is -1.60. The number of carbonyl (C=O) groups excluding carboxylic acids is 1. The molecule has 0 spiro atoms. The number of nitrogens with zero attached hydrogens (tertiary/aromatic N) is 1. The molecule has 2 rings (SSSR count). The first kappa shape index (κ1) is 18.7. The minimum absolute atomic E-state index is 0.200. The maximum absolute atomic E-state index is 12.1. The first-order chi connectivity index (χ1) is 11.4. The second kappa shape index (κ2) is 8.48. The Morgan fingerprint density at radius 1 is 1.33 bits per heavy atom. The van der Waals surface area contributed by atoms with Crippen LogP contribution >= 0.6 is 0 Å². The van der Waals surface area contributed by atoms with Gasteiger partial charge < -0.3 is 10.1 Å². The summed E-state index contributed by atoms with van der Waals surface area (Å²) < 4.78 is 30.4. The SMILES string of the molecule is Cc1ccc(N(CC(=O)NCCC[C@H]2CCOC2)S(C)(=O)=O)cc1. The molecule has 7 heteroatoms. The van der Waals surface area contributed by atoms with Crippen LogP contribution in [0.2, 0.25) is 0 Å². The lowest BCUT2D eigenvalue weighted by Gasteiger charge is -2.22. The molecule has 1 saturated heterocycles. The number of benzene rings is 1. The summed E-state index contributed by atoms with van der Waals surface area (Å²) in [5.41, 5.74) is 1.54. The average molecular weight is 354 g/mol. The van der Waals surface area contributed by atoms with Crippen molar-refractivity contribution < 1.29 is 17.9 Å². The molecule has 0 radical (unpaired) electrons. The van der Waals surface area contributed by atoms with E-state index < -0.39 is 10.0 Å². The normalized spacial score (nSPS) is 17.7. The molecule has 0 saturated carbocycles. The van der Waals surface area contributed by atoms with Crippen molar-refractivity contribution in [2.45, 2.75) is 26.2 Å². The maximum Gasteiger partial charge on any atom is 0.240 e. The van der Waals surface area contributed by atoms with Crippen LogP contribution in [0.5, 0.6) is 0 Å². The van der Waals surface area contributed by atoms with Gasteiger partial charge >= 0.3 is 0 Å². The van der Waals surface area contributed by atoms with Gasteiger partial charge in [-0.1, -0.05) is 17.7 Å². The van der Waals surface area contributed by atoms with E-state index in [1.807, 2.05) is 19.1 Å². The quantitative estimate of drug-likeness (QED) is 0.721. The van der Waals surface area contributed by atoms with Crippen LogP contribution in [0.4, 0.5) is 5.69 Å². The van der Waals surface area contributed by atoms with Crippen molar-refractivity contribution in [2.75, 3.05) is 36.9 Å². The van der Waals surface area contributed by atoms with E-state index in [9.17, 15) is 13.2 Å². The van der Waals surface area contributed by atoms with Gasteiger partial charge in [0, 0.05) is 19.8 Å². The molecule has 1 amide bonds. The fourth-order valence-corrected chi connectivity index (χ4v) is 3.58. The van der Waals surface area contributed by atoms with Gasteiger partial charge in [0.25, 0.3) is 0 Å². The van der Waals surface area contributed by atoms with Crippen LogP contribution in [-0.4, -0.2) is 46.9 Å². The van der Waals surface area contributed by atoms with Gasteiger partial charge in [0.1, 0.15) is 6.54 Å². The van der Waals surface area contributed by atoms with Gasteiger partial charge in [-0.25, -0.2) is 8.42 Å². The number of ether oxygens (including phenoxy) is 1. The standard InChI is InChI=1S/C17H26N2O4S/c1-14-5-7-16(8-6-14)19(24(2,21)22)12-17(20)18-10-3-4-15-9-11-23-13-15/h5-8,15H,3-4,9-13H2,1-2H3,(H,18,20)/t15-/m0/s1. The molecule has 24 heavy (non-hydrogen) atoms. The third-order valence-electron chi connectivity index (χ3n) is 4.14. The van der Waals surface area contributed by atoms with Crippen LogP contribution in [0.1, 0.15) is 24.8 Å². The zero-order valence-electron chi connectivity index (χ0n) is 14.3. The highest BCUT2D eigenvalue weighted by atomic mass is 32.2. The van der Waals surface area contributed by atoms with Crippen LogP contribution in [0.25, 0.3) is 0 Å². The molecule has 1 aromatic carbocycles. The minimum Gasteiger partial charge on any atom is -0.381 e. The zero-order valence-corrected chi connectivity index (χ0v) is 15.1. The van der Waals surface area contributed by atoms with E-state index in [2.05, 4.69) is 5.32 Å². The number of hydrogen-bond acceptors (Lipinski definition) is 4. The van der Waals surface area contributed by atoms with Gasteiger partial charge in [0.05, 0.1) is 11.9 Å². The zero-order chi connectivity index (χ0) is 17.6. The first-order valence-electron chi connectivity index (χ1n) is 8.25. The summed E-state index contributed by atoms with van der Waals surface area (Å²) in [5, 5.41) is 2.80. The summed E-state index contributed by atoms with van der Waals surface area (Å²) in [5.74, 6) is 0.297. The molecule has 1 fully saturated rings. The Morgan fingerprint density at radius 3 is 2.62 bits per heavy atom. The van der Waals surface area contributed by atoms with Gasteiger partial charge in [-0.15, -0.1) is 0 Å². The largest absolute Gasteiger partial charge is 0.381 e. The second-order valence-electron chi connectivity index (χ2n) is 6.33. The van der Waals surface area contributed by atoms with E-state index in [4.69, 9.17) is 4.74 Å². The van der Waals surface area contributed by atoms with E-state index in [1.54, 1.807) is 12.1 Å². The number of carbonyl (C=O) groups is 1. The Balaban J connectivity index is 1.84. The molecule has 0 unspecified atom stereocenters. The Kier molecular flexibility index (Phi) is 6.62. The summed E-state index contributed by atoms with van der Waals surface area (Å²) in [4.78, 5) is 12.1. The van der Waals surface area contributed by atoms with Crippen molar-refractivity contribution in [1.82, 2.24) is 5.32 Å². The molecule has 0 aromatic heterocycles. The highest BCUT2D eigenvalue weighted by Crippen LogP contribution is 2.18. The molecule has 6 nitrogen and oxygen atoms in total. The van der Waals surface area contributed by atoms with E-state index in [1.165, 1.54) is 0 Å². The van der Waals surface area contributed by atoms with Gasteiger partial charge in [-0.2, -0.15) is 0 Å². The summed E-state index contributed by atoms with van der Waals surface area (Å²) in [6.07, 6.45) is 4.10. The van der Waals surface area contributed by atoms with Gasteiger partial charge in [-0.3, -0.25) is 9.10 Å². The van der Waals surface area contributed by atoms with Crippen LogP contribution in [0.3, 0.4) is 0 Å². The number of anilines is 1. The monoisotopic (exact) mass is 354 g/mol. The van der Waals surface area contributed by atoms with Crippen molar-refractivity contribution in [3.63, 3.8) is 0 Å². The molecule has 0 bridgehead atoms. The highest BCUT2D eigenvalue weighted by molar-refractivity contribution is 7.92. The van der Waals surface area contributed by atoms with E-state index in [0.29, 0.717) is 18.2 Å². The number of rotatable bonds is 8. The topological polar surface area (TPSA) is 75.7 Å². The van der Waals surface area contributed by atoms with Gasteiger partial charge in [0.15, 0.2) is 0 Å². The van der Waals surface area contributed by atoms with E-state index in [-0.39, 0.29) is 12.5 Å². The number of aryl methyl sites for hydroxylation is 1. The minimum atomic E-state index is -3.51. The van der Waals surface area contributed by atoms with Crippen molar-refractivity contribution in [3.05, 3.63) is 29.8 Å². The number of sulfonamides is 1. The van der Waals surface area contributed by atoms with Crippen LogP contribution < -0.4 is 9.62 Å². The van der Waals surface area contributed by atoms with Crippen molar-refractivity contribution >= 4 is 21.6 Å². The summed E-state index contributed by atoms with van der Waals surface area (Å²) >= 11 is 0. The second-order valence-corrected chi connectivity index (χ2v) is 8.23. The maximum atomic E-state index is 12.1. The highest BCUT2D eigenvalue weighted by Gasteiger charge is 2.20. The molecule has 134 valence electrons. The number of nitrogens with one attached hydrogen (secondary N) is 1. The lowest BCUT2D eigenvalue weighted by molar-refractivity contribution is -0.119. The Morgan fingerprint density at radius 2 is 2.04 bits per heavy atom. The predicted molar refractivity (Wildman–Crippen MR) is 94.5 cm³/mol. The smallest absolute Gasteiger partial charge is 0.240 e. The third-order valence-corrected chi connectivity index (χ3v) is 5.29. The molecule has 1 atom stereocenters. The number of amides is 1. The predicted octanol–water partition coefficient (Wildman–Crippen LogP) is 1.69. The molecule has 1 aromatic rings. The van der Waals surface area contributed by atoms with Gasteiger partial charge in [-0.05, 0) is 44.2 Å². The van der Waals surface area contributed by atoms with E-state index in [0.717, 1.165) is 48.6 Å². The molecular weight excluding hydrogens is 328 g/mol. The van der Waals surface area contributed by atoms with E-state index >= 15 is 0 Å². The Bertz CT molecular complexity index is 637. The van der Waals surface area contributed by atoms with Crippen molar-refractivity contribution in [2.24, 2.45) is 5.92 Å². The van der Waals surface area contributed by atoms with Crippen LogP contribution in [0, 0.1) is 12.8 Å². The first-order valence-corrected chi connectivity index (χ1v) is 10.1. The molecule has 1 heterocycles. The third kappa shape index (κ3) is 5.79. The molecular formula is C17H26N2O4S. The van der Waals surface area contributed by atoms with Crippen LogP contribution in [-0.2, 0) is 19.6 Å². The molecule has 1 aliphatic heterocycles. The Labute approximate surface area is 144 Å². The fraction of sp³-hybridized carbons (Fsp3) is 0.588. The van der Waals surface area contributed by atoms with Crippen LogP contribution in [0.15, 0.2) is 24.3 Å². The average Bonchev–Trinajstić information content (AvgIpc) is 3.02. The number of hydrogen-bond donors (Lipinski definition) is 1. The fourth-order valence-electron chi connectivity index (χ4n) is 2.73. The van der Waals surface area contributed by atoms with Gasteiger partial charge in [0.2, 0.25) is 15.9 Å². The lowest BCUT2D eigenvalue weighted by atomic mass is 10.0. The summed E-state index contributed by atoms with van der Waals surface area (Å²) in [6, 6.07) is 7.08. The molecule has 1 N–H and O–H groups in total. The molecule has 1 aliphatic rings. The summed E-state index contributed by atoms with van der Waals surface area (Å²) in [7, 11) is -3.51. The van der Waals surface area contributed by atoms with Crippen molar-refractivity contribution in [1.29, 1.82) is 0 Å². The van der Waals surface area contributed by atoms with Crippen molar-refractivity contribution in [3.8, 4) is 0 Å². The summed E-state index contributed by atoms with van der Waals surface area (Å²) in [6.45, 7) is 3.92.